The molecular formula is C25H29ClN6O3. The Balaban J connectivity index is 1.79. The quantitative estimate of drug-likeness (QED) is 0.440. The van der Waals surface area contributed by atoms with Crippen molar-refractivity contribution in [2.45, 2.75) is 19.9 Å². The first-order chi connectivity index (χ1) is 16.9. The van der Waals surface area contributed by atoms with Gasteiger partial charge in [0.15, 0.2) is 5.82 Å². The van der Waals surface area contributed by atoms with E-state index in [1.54, 1.807) is 7.11 Å². The van der Waals surface area contributed by atoms with Gasteiger partial charge in [-0.05, 0) is 37.3 Å². The molecule has 0 radical (unpaired) electrons. The smallest absolute Gasteiger partial charge is 0.225 e. The molecule has 0 saturated carbocycles. The van der Waals surface area contributed by atoms with E-state index < -0.39 is 12.0 Å². The van der Waals surface area contributed by atoms with Crippen molar-refractivity contribution in [1.82, 2.24) is 20.1 Å². The number of aryl methyl sites for hydroxylation is 1. The average Bonchev–Trinajstić information content (AvgIpc) is 3.18. The van der Waals surface area contributed by atoms with Crippen LogP contribution in [0.4, 0.5) is 0 Å². The fourth-order valence-corrected chi connectivity index (χ4v) is 4.20. The van der Waals surface area contributed by atoms with Crippen LogP contribution < -0.4 is 15.8 Å². The van der Waals surface area contributed by atoms with Gasteiger partial charge in [-0.1, -0.05) is 30.7 Å². The Morgan fingerprint density at radius 3 is 2.69 bits per heavy atom. The summed E-state index contributed by atoms with van der Waals surface area (Å²) in [4.78, 5) is 18.2. The van der Waals surface area contributed by atoms with Gasteiger partial charge in [0.05, 0.1) is 37.6 Å². The lowest BCUT2D eigenvalue weighted by atomic mass is 9.98. The molecule has 2 atom stereocenters. The fraction of sp³-hybridized carbons (Fsp3) is 0.360. The van der Waals surface area contributed by atoms with Gasteiger partial charge in [0.1, 0.15) is 17.6 Å². The molecule has 3 N–H and O–H groups in total. The number of benzene rings is 2. The molecule has 0 aliphatic carbocycles. The molecule has 1 aliphatic heterocycles. The van der Waals surface area contributed by atoms with Crippen molar-refractivity contribution < 1.29 is 14.3 Å². The molecule has 1 aromatic heterocycles. The standard InChI is InChI=1S/C25H29ClN6O3/c1-15(25(33)28-11-13-35-12-10-27)22-24-31-30-16(2)32(24)21-9-8-19(34-3)14-20(21)23(29-22)17-4-6-18(26)7-5-17/h4-9,14-15,22H,10-13,27H2,1-3H3,(H,28,33)/t15-,22+/m1/s1. The largest absolute Gasteiger partial charge is 0.497 e. The van der Waals surface area contributed by atoms with Crippen LogP contribution >= 0.6 is 11.6 Å². The van der Waals surface area contributed by atoms with E-state index in [9.17, 15) is 4.79 Å². The lowest BCUT2D eigenvalue weighted by Gasteiger charge is -2.19. The molecule has 4 rings (SSSR count). The number of aromatic nitrogens is 3. The number of hydrogen-bond acceptors (Lipinski definition) is 7. The molecule has 1 amide bonds. The SMILES string of the molecule is COc1ccc2c(c1)C(c1ccc(Cl)cc1)=N[C@@H]([C@@H](C)C(=O)NCCOCCN)c1nnc(C)n1-2. The lowest BCUT2D eigenvalue weighted by molar-refractivity contribution is -0.125. The number of carbonyl (C=O) groups excluding carboxylic acids is 1. The molecule has 184 valence electrons. The van der Waals surface area contributed by atoms with E-state index in [-0.39, 0.29) is 5.91 Å². The first-order valence-corrected chi connectivity index (χ1v) is 11.8. The zero-order valence-electron chi connectivity index (χ0n) is 20.0. The molecule has 0 unspecified atom stereocenters. The Morgan fingerprint density at radius 1 is 1.20 bits per heavy atom. The maximum atomic E-state index is 13.1. The number of carbonyl (C=O) groups is 1. The van der Waals surface area contributed by atoms with Crippen molar-refractivity contribution in [3.63, 3.8) is 0 Å². The Bertz CT molecular complexity index is 1220. The molecule has 0 saturated heterocycles. The monoisotopic (exact) mass is 496 g/mol. The van der Waals surface area contributed by atoms with Crippen molar-refractivity contribution >= 4 is 23.2 Å². The average molecular weight is 497 g/mol. The van der Waals surface area contributed by atoms with Crippen molar-refractivity contribution in [1.29, 1.82) is 0 Å². The van der Waals surface area contributed by atoms with E-state index in [1.807, 2.05) is 60.9 Å². The maximum Gasteiger partial charge on any atom is 0.225 e. The summed E-state index contributed by atoms with van der Waals surface area (Å²) in [7, 11) is 1.62. The maximum absolute atomic E-state index is 13.1. The summed E-state index contributed by atoms with van der Waals surface area (Å²) in [6.07, 6.45) is 0. The molecule has 35 heavy (non-hydrogen) atoms. The van der Waals surface area contributed by atoms with Crippen molar-refractivity contribution in [3.8, 4) is 11.4 Å². The van der Waals surface area contributed by atoms with Crippen LogP contribution in [-0.2, 0) is 9.53 Å². The zero-order chi connectivity index (χ0) is 24.9. The van der Waals surface area contributed by atoms with Crippen LogP contribution in [0.1, 0.15) is 35.7 Å². The van der Waals surface area contributed by atoms with Gasteiger partial charge in [0.25, 0.3) is 0 Å². The molecule has 2 heterocycles. The minimum atomic E-state index is -0.578. The van der Waals surface area contributed by atoms with Crippen LogP contribution in [0.2, 0.25) is 5.02 Å². The van der Waals surface area contributed by atoms with Gasteiger partial charge < -0.3 is 20.5 Å². The number of hydrogen-bond donors (Lipinski definition) is 2. The number of nitrogens with one attached hydrogen (secondary N) is 1. The Kier molecular flexibility index (Phi) is 7.80. The van der Waals surface area contributed by atoms with E-state index in [0.717, 1.165) is 22.5 Å². The molecule has 2 aromatic carbocycles. The number of methoxy groups -OCH3 is 1. The lowest BCUT2D eigenvalue weighted by Crippen LogP contribution is -2.35. The predicted molar refractivity (Wildman–Crippen MR) is 135 cm³/mol. The Labute approximate surface area is 209 Å². The molecule has 0 spiro atoms. The van der Waals surface area contributed by atoms with Crippen LogP contribution in [0, 0.1) is 12.8 Å². The highest BCUT2D eigenvalue weighted by Crippen LogP contribution is 2.36. The molecule has 3 aromatic rings. The summed E-state index contributed by atoms with van der Waals surface area (Å²) < 4.78 is 12.8. The van der Waals surface area contributed by atoms with Crippen LogP contribution in [-0.4, -0.2) is 59.8 Å². The van der Waals surface area contributed by atoms with Crippen LogP contribution in [0.15, 0.2) is 47.5 Å². The highest BCUT2D eigenvalue weighted by atomic mass is 35.5. The first kappa shape index (κ1) is 24.8. The second-order valence-electron chi connectivity index (χ2n) is 8.23. The highest BCUT2D eigenvalue weighted by Gasteiger charge is 2.34. The topological polar surface area (TPSA) is 117 Å². The molecule has 1 aliphatic rings. The third-order valence-electron chi connectivity index (χ3n) is 5.90. The third-order valence-corrected chi connectivity index (χ3v) is 6.15. The number of halogens is 1. The van der Waals surface area contributed by atoms with Gasteiger partial charge in [-0.3, -0.25) is 14.4 Å². The molecule has 9 nitrogen and oxygen atoms in total. The summed E-state index contributed by atoms with van der Waals surface area (Å²) >= 11 is 6.16. The molecular weight excluding hydrogens is 468 g/mol. The van der Waals surface area contributed by atoms with E-state index in [4.69, 9.17) is 31.8 Å². The van der Waals surface area contributed by atoms with Crippen LogP contribution in [0.3, 0.4) is 0 Å². The van der Waals surface area contributed by atoms with Crippen molar-refractivity contribution in [3.05, 3.63) is 70.3 Å². The minimum absolute atomic E-state index is 0.152. The normalized spacial score (nSPS) is 15.5. The molecule has 10 heteroatoms. The second kappa shape index (κ2) is 11.0. The first-order valence-electron chi connectivity index (χ1n) is 11.4. The summed E-state index contributed by atoms with van der Waals surface area (Å²) in [5, 5.41) is 12.3. The minimum Gasteiger partial charge on any atom is -0.497 e. The summed E-state index contributed by atoms with van der Waals surface area (Å²) in [6, 6.07) is 12.7. The third kappa shape index (κ3) is 5.22. The van der Waals surface area contributed by atoms with Gasteiger partial charge in [0, 0.05) is 29.2 Å². The van der Waals surface area contributed by atoms with E-state index in [1.165, 1.54) is 0 Å². The zero-order valence-corrected chi connectivity index (χ0v) is 20.7. The Morgan fingerprint density at radius 2 is 1.97 bits per heavy atom. The number of fused-ring (bicyclic) bond motifs is 3. The number of nitrogens with zero attached hydrogens (tertiary/aromatic N) is 4. The number of amides is 1. The van der Waals surface area contributed by atoms with Crippen molar-refractivity contribution in [2.75, 3.05) is 33.4 Å². The van der Waals surface area contributed by atoms with Crippen molar-refractivity contribution in [2.24, 2.45) is 16.6 Å². The summed E-state index contributed by atoms with van der Waals surface area (Å²) in [6.45, 7) is 5.39. The Hall–Kier alpha value is -3.27. The number of rotatable bonds is 9. The van der Waals surface area contributed by atoms with E-state index in [0.29, 0.717) is 48.7 Å². The highest BCUT2D eigenvalue weighted by molar-refractivity contribution is 6.30. The van der Waals surface area contributed by atoms with E-state index >= 15 is 0 Å². The van der Waals surface area contributed by atoms with Crippen LogP contribution in [0.5, 0.6) is 5.75 Å². The number of nitrogens with two attached hydrogens (primary N) is 1. The van der Waals surface area contributed by atoms with Gasteiger partial charge in [-0.25, -0.2) is 0 Å². The predicted octanol–water partition coefficient (Wildman–Crippen LogP) is 2.86. The van der Waals surface area contributed by atoms with E-state index in [2.05, 4.69) is 15.5 Å². The van der Waals surface area contributed by atoms with Gasteiger partial charge in [-0.2, -0.15) is 0 Å². The second-order valence-corrected chi connectivity index (χ2v) is 8.67. The van der Waals surface area contributed by atoms with Gasteiger partial charge in [0.2, 0.25) is 5.91 Å². The summed E-state index contributed by atoms with van der Waals surface area (Å²) in [5.74, 6) is 1.32. The molecule has 0 bridgehead atoms. The van der Waals surface area contributed by atoms with Gasteiger partial charge in [-0.15, -0.1) is 10.2 Å². The summed E-state index contributed by atoms with van der Waals surface area (Å²) in [5.41, 5.74) is 8.74. The number of ether oxygens (including phenoxy) is 2. The number of aliphatic imine (C=N–C) groups is 1. The van der Waals surface area contributed by atoms with Crippen LogP contribution in [0.25, 0.3) is 5.69 Å². The van der Waals surface area contributed by atoms with Gasteiger partial charge >= 0.3 is 0 Å². The molecule has 0 fully saturated rings. The fourth-order valence-electron chi connectivity index (χ4n) is 4.07.